The van der Waals surface area contributed by atoms with Crippen LogP contribution in [0.2, 0.25) is 0 Å². The number of aliphatic hydroxyl groups is 1. The maximum absolute atomic E-state index is 12.6. The Morgan fingerprint density at radius 1 is 1.32 bits per heavy atom. The van der Waals surface area contributed by atoms with E-state index in [1.165, 1.54) is 0 Å². The number of likely N-dealkylation sites (tertiary alicyclic amines) is 1. The summed E-state index contributed by atoms with van der Waals surface area (Å²) in [6, 6.07) is 11.1. The van der Waals surface area contributed by atoms with Crippen LogP contribution in [-0.4, -0.2) is 42.3 Å². The van der Waals surface area contributed by atoms with Crippen molar-refractivity contribution in [2.75, 3.05) is 25.6 Å². The summed E-state index contributed by atoms with van der Waals surface area (Å²) in [6.45, 7) is 0.624. The largest absolute Gasteiger partial charge is 0.495 e. The van der Waals surface area contributed by atoms with Gasteiger partial charge in [-0.1, -0.05) is 18.2 Å². The highest BCUT2D eigenvalue weighted by molar-refractivity contribution is 6.07. The molecule has 1 atom stereocenters. The quantitative estimate of drug-likeness (QED) is 0.764. The lowest BCUT2D eigenvalue weighted by molar-refractivity contribution is 0.166. The van der Waals surface area contributed by atoms with E-state index in [4.69, 9.17) is 9.15 Å². The van der Waals surface area contributed by atoms with Gasteiger partial charge in [0.1, 0.15) is 16.9 Å². The summed E-state index contributed by atoms with van der Waals surface area (Å²) in [7, 11) is 1.57. The van der Waals surface area contributed by atoms with Gasteiger partial charge in [-0.05, 0) is 25.0 Å². The highest BCUT2D eigenvalue weighted by atomic mass is 16.5. The second-order valence-corrected chi connectivity index (χ2v) is 6.25. The molecule has 6 nitrogen and oxygen atoms in total. The van der Waals surface area contributed by atoms with Crippen LogP contribution in [0, 0.1) is 0 Å². The van der Waals surface area contributed by atoms with Crippen LogP contribution in [0.4, 0.5) is 10.5 Å². The van der Waals surface area contributed by atoms with Crippen LogP contribution < -0.4 is 10.1 Å². The Bertz CT molecular complexity index is 934. The topological polar surface area (TPSA) is 74.9 Å². The van der Waals surface area contributed by atoms with Crippen molar-refractivity contribution in [2.24, 2.45) is 0 Å². The molecule has 130 valence electrons. The molecule has 0 bridgehead atoms. The van der Waals surface area contributed by atoms with Gasteiger partial charge in [0.25, 0.3) is 0 Å². The Labute approximate surface area is 145 Å². The number of ether oxygens (including phenoxy) is 1. The van der Waals surface area contributed by atoms with Crippen molar-refractivity contribution in [1.82, 2.24) is 4.90 Å². The SMILES string of the molecule is COc1cc2c(cc1NC(=O)N1CCC[C@H]1CO)oc1ccccc12. The van der Waals surface area contributed by atoms with E-state index in [0.29, 0.717) is 23.6 Å². The molecule has 2 N–H and O–H groups in total. The molecule has 1 fully saturated rings. The number of benzene rings is 2. The Hall–Kier alpha value is -2.73. The van der Waals surface area contributed by atoms with E-state index in [2.05, 4.69) is 5.32 Å². The molecule has 1 saturated heterocycles. The van der Waals surface area contributed by atoms with Gasteiger partial charge < -0.3 is 24.5 Å². The average Bonchev–Trinajstić information content (AvgIpc) is 3.24. The highest BCUT2D eigenvalue weighted by Crippen LogP contribution is 2.36. The molecule has 1 aliphatic rings. The van der Waals surface area contributed by atoms with Crippen LogP contribution in [0.25, 0.3) is 21.9 Å². The van der Waals surface area contributed by atoms with Crippen molar-refractivity contribution < 1.29 is 19.1 Å². The summed E-state index contributed by atoms with van der Waals surface area (Å²) in [5.74, 6) is 0.576. The van der Waals surface area contributed by atoms with Crippen LogP contribution in [-0.2, 0) is 0 Å². The molecule has 0 radical (unpaired) electrons. The molecule has 3 aromatic rings. The van der Waals surface area contributed by atoms with Crippen LogP contribution in [0.3, 0.4) is 0 Å². The first-order valence-corrected chi connectivity index (χ1v) is 8.39. The highest BCUT2D eigenvalue weighted by Gasteiger charge is 2.28. The molecule has 6 heteroatoms. The third-order valence-corrected chi connectivity index (χ3v) is 4.79. The zero-order chi connectivity index (χ0) is 17.4. The molecule has 2 amide bonds. The fourth-order valence-electron chi connectivity index (χ4n) is 3.50. The van der Waals surface area contributed by atoms with Gasteiger partial charge in [0, 0.05) is 23.4 Å². The van der Waals surface area contributed by atoms with Crippen molar-refractivity contribution in [2.45, 2.75) is 18.9 Å². The molecule has 4 rings (SSSR count). The third-order valence-electron chi connectivity index (χ3n) is 4.79. The molecular formula is C19H20N2O4. The van der Waals surface area contributed by atoms with Gasteiger partial charge in [-0.25, -0.2) is 4.79 Å². The molecule has 0 spiro atoms. The number of anilines is 1. The van der Waals surface area contributed by atoms with Gasteiger partial charge >= 0.3 is 6.03 Å². The minimum Gasteiger partial charge on any atom is -0.495 e. The van der Waals surface area contributed by atoms with Crippen molar-refractivity contribution in [3.05, 3.63) is 36.4 Å². The summed E-state index contributed by atoms with van der Waals surface area (Å²) in [5, 5.41) is 14.3. The number of urea groups is 1. The Balaban J connectivity index is 1.71. The van der Waals surface area contributed by atoms with E-state index in [1.54, 1.807) is 18.1 Å². The van der Waals surface area contributed by atoms with Crippen LogP contribution in [0.15, 0.2) is 40.8 Å². The third kappa shape index (κ3) is 2.68. The minimum absolute atomic E-state index is 0.0207. The van der Waals surface area contributed by atoms with Crippen LogP contribution >= 0.6 is 0 Å². The number of carbonyl (C=O) groups excluding carboxylic acids is 1. The number of hydrogen-bond acceptors (Lipinski definition) is 4. The summed E-state index contributed by atoms with van der Waals surface area (Å²) >= 11 is 0. The van der Waals surface area contributed by atoms with Gasteiger partial charge in [-0.15, -0.1) is 0 Å². The summed E-state index contributed by atoms with van der Waals surface area (Å²) in [6.07, 6.45) is 1.72. The number of methoxy groups -OCH3 is 1. The van der Waals surface area contributed by atoms with E-state index in [0.717, 1.165) is 29.2 Å². The monoisotopic (exact) mass is 340 g/mol. The summed E-state index contributed by atoms with van der Waals surface area (Å²) < 4.78 is 11.3. The van der Waals surface area contributed by atoms with Gasteiger partial charge in [0.15, 0.2) is 0 Å². The lowest BCUT2D eigenvalue weighted by Gasteiger charge is -2.23. The number of rotatable bonds is 3. The molecule has 2 aromatic carbocycles. The maximum Gasteiger partial charge on any atom is 0.322 e. The van der Waals surface area contributed by atoms with E-state index < -0.39 is 0 Å². The molecule has 0 unspecified atom stereocenters. The van der Waals surface area contributed by atoms with Gasteiger partial charge in [0.05, 0.1) is 25.4 Å². The smallest absolute Gasteiger partial charge is 0.322 e. The van der Waals surface area contributed by atoms with Crippen LogP contribution in [0.5, 0.6) is 5.75 Å². The lowest BCUT2D eigenvalue weighted by Crippen LogP contribution is -2.40. The average molecular weight is 340 g/mol. The number of aliphatic hydroxyl groups excluding tert-OH is 1. The lowest BCUT2D eigenvalue weighted by atomic mass is 10.1. The molecule has 2 heterocycles. The zero-order valence-electron chi connectivity index (χ0n) is 14.0. The maximum atomic E-state index is 12.6. The van der Waals surface area contributed by atoms with Crippen molar-refractivity contribution in [1.29, 1.82) is 0 Å². The standard InChI is InChI=1S/C19H20N2O4/c1-24-18-9-14-13-6-2-3-7-16(13)25-17(14)10-15(18)20-19(23)21-8-4-5-12(21)11-22/h2-3,6-7,9-10,12,22H,4-5,8,11H2,1H3,(H,20,23)/t12-/m0/s1. The zero-order valence-corrected chi connectivity index (χ0v) is 14.0. The second kappa shape index (κ2) is 6.29. The number of nitrogens with zero attached hydrogens (tertiary/aromatic N) is 1. The molecular weight excluding hydrogens is 320 g/mol. The molecule has 0 aliphatic carbocycles. The van der Waals surface area contributed by atoms with E-state index in [9.17, 15) is 9.90 Å². The van der Waals surface area contributed by atoms with Crippen LogP contribution in [0.1, 0.15) is 12.8 Å². The van der Waals surface area contributed by atoms with E-state index >= 15 is 0 Å². The predicted molar refractivity (Wildman–Crippen MR) is 96.1 cm³/mol. The fraction of sp³-hybridized carbons (Fsp3) is 0.316. The molecule has 1 aliphatic heterocycles. The van der Waals surface area contributed by atoms with Crippen molar-refractivity contribution in [3.8, 4) is 5.75 Å². The first-order valence-electron chi connectivity index (χ1n) is 8.39. The van der Waals surface area contributed by atoms with Crippen molar-refractivity contribution in [3.63, 3.8) is 0 Å². The van der Waals surface area contributed by atoms with Gasteiger partial charge in [-0.2, -0.15) is 0 Å². The first kappa shape index (κ1) is 15.8. The molecule has 25 heavy (non-hydrogen) atoms. The Kier molecular flexibility index (Phi) is 3.97. The second-order valence-electron chi connectivity index (χ2n) is 6.25. The number of para-hydroxylation sites is 1. The number of hydrogen-bond donors (Lipinski definition) is 2. The van der Waals surface area contributed by atoms with Crippen molar-refractivity contribution >= 4 is 33.7 Å². The predicted octanol–water partition coefficient (Wildman–Crippen LogP) is 3.58. The number of fused-ring (bicyclic) bond motifs is 3. The van der Waals surface area contributed by atoms with Gasteiger partial charge in [0.2, 0.25) is 0 Å². The summed E-state index contributed by atoms with van der Waals surface area (Å²) in [5.41, 5.74) is 2.04. The number of furan rings is 1. The molecule has 1 aromatic heterocycles. The van der Waals surface area contributed by atoms with Gasteiger partial charge in [-0.3, -0.25) is 0 Å². The van der Waals surface area contributed by atoms with E-state index in [1.807, 2.05) is 30.3 Å². The normalized spacial score (nSPS) is 17.4. The fourth-order valence-corrected chi connectivity index (χ4v) is 3.50. The number of carbonyl (C=O) groups is 1. The summed E-state index contributed by atoms with van der Waals surface area (Å²) in [4.78, 5) is 14.2. The molecule has 0 saturated carbocycles. The first-order chi connectivity index (χ1) is 12.2. The Morgan fingerprint density at radius 3 is 2.96 bits per heavy atom. The Morgan fingerprint density at radius 2 is 2.16 bits per heavy atom. The number of nitrogens with one attached hydrogen (secondary N) is 1. The number of amides is 2. The minimum atomic E-state index is -0.231. The van der Waals surface area contributed by atoms with E-state index in [-0.39, 0.29) is 18.7 Å².